The molecule has 20 heavy (non-hydrogen) atoms. The van der Waals surface area contributed by atoms with Gasteiger partial charge in [-0.15, -0.1) is 0 Å². The van der Waals surface area contributed by atoms with E-state index in [0.717, 1.165) is 49.6 Å². The SMILES string of the molecule is CCCc1nc2c(n1-c1ccccc1OC)CCNC2. The number of aryl methyl sites for hydroxylation is 1. The number of para-hydroxylation sites is 2. The van der Waals surface area contributed by atoms with Gasteiger partial charge in [0.05, 0.1) is 18.5 Å². The van der Waals surface area contributed by atoms with Crippen molar-refractivity contribution in [3.8, 4) is 11.4 Å². The van der Waals surface area contributed by atoms with Crippen molar-refractivity contribution in [1.29, 1.82) is 0 Å². The van der Waals surface area contributed by atoms with Gasteiger partial charge in [0.25, 0.3) is 0 Å². The Morgan fingerprint density at radius 2 is 2.20 bits per heavy atom. The third-order valence-corrected chi connectivity index (χ3v) is 3.76. The van der Waals surface area contributed by atoms with Crippen LogP contribution in [-0.2, 0) is 19.4 Å². The maximum absolute atomic E-state index is 5.53. The number of benzene rings is 1. The minimum absolute atomic E-state index is 0.869. The highest BCUT2D eigenvalue weighted by Crippen LogP contribution is 2.28. The van der Waals surface area contributed by atoms with Crippen LogP contribution >= 0.6 is 0 Å². The Morgan fingerprint density at radius 1 is 1.35 bits per heavy atom. The van der Waals surface area contributed by atoms with Gasteiger partial charge in [-0.2, -0.15) is 0 Å². The number of rotatable bonds is 4. The summed E-state index contributed by atoms with van der Waals surface area (Å²) in [5.41, 5.74) is 3.62. The van der Waals surface area contributed by atoms with Gasteiger partial charge < -0.3 is 10.1 Å². The minimum atomic E-state index is 0.869. The molecule has 0 spiro atoms. The van der Waals surface area contributed by atoms with Crippen molar-refractivity contribution in [2.75, 3.05) is 13.7 Å². The van der Waals surface area contributed by atoms with Crippen molar-refractivity contribution in [3.63, 3.8) is 0 Å². The quantitative estimate of drug-likeness (QED) is 0.928. The van der Waals surface area contributed by atoms with Crippen LogP contribution < -0.4 is 10.1 Å². The molecule has 0 radical (unpaired) electrons. The van der Waals surface area contributed by atoms with E-state index in [1.54, 1.807) is 7.11 Å². The van der Waals surface area contributed by atoms with Crippen molar-refractivity contribution in [2.45, 2.75) is 32.7 Å². The number of hydrogen-bond donors (Lipinski definition) is 1. The van der Waals surface area contributed by atoms with Crippen LogP contribution in [0.5, 0.6) is 5.75 Å². The van der Waals surface area contributed by atoms with Crippen molar-refractivity contribution >= 4 is 0 Å². The normalized spacial score (nSPS) is 14.1. The Balaban J connectivity index is 2.17. The van der Waals surface area contributed by atoms with Gasteiger partial charge in [0.2, 0.25) is 0 Å². The van der Waals surface area contributed by atoms with E-state index < -0.39 is 0 Å². The summed E-state index contributed by atoms with van der Waals surface area (Å²) < 4.78 is 7.83. The number of ether oxygens (including phenoxy) is 1. The molecule has 4 nitrogen and oxygen atoms in total. The summed E-state index contributed by atoms with van der Waals surface area (Å²) in [6.45, 7) is 4.08. The molecule has 1 N–H and O–H groups in total. The van der Waals surface area contributed by atoms with E-state index in [1.165, 1.54) is 11.4 Å². The lowest BCUT2D eigenvalue weighted by atomic mass is 10.1. The van der Waals surface area contributed by atoms with Gasteiger partial charge in [-0.05, 0) is 18.6 Å². The zero-order valence-corrected chi connectivity index (χ0v) is 12.1. The van der Waals surface area contributed by atoms with Crippen molar-refractivity contribution in [2.24, 2.45) is 0 Å². The van der Waals surface area contributed by atoms with Crippen LogP contribution in [0.2, 0.25) is 0 Å². The van der Waals surface area contributed by atoms with Crippen LogP contribution in [-0.4, -0.2) is 23.2 Å². The van der Waals surface area contributed by atoms with Crippen molar-refractivity contribution < 1.29 is 4.74 Å². The highest BCUT2D eigenvalue weighted by molar-refractivity contribution is 5.49. The predicted octanol–water partition coefficient (Wildman–Crippen LogP) is 2.48. The Morgan fingerprint density at radius 3 is 3.00 bits per heavy atom. The predicted molar refractivity (Wildman–Crippen MR) is 79.5 cm³/mol. The summed E-state index contributed by atoms with van der Waals surface area (Å²) in [7, 11) is 1.73. The molecule has 0 aliphatic carbocycles. The van der Waals surface area contributed by atoms with Crippen LogP contribution in [0.4, 0.5) is 0 Å². The second kappa shape index (κ2) is 5.67. The fraction of sp³-hybridized carbons (Fsp3) is 0.438. The van der Waals surface area contributed by atoms with E-state index in [4.69, 9.17) is 9.72 Å². The number of nitrogens with zero attached hydrogens (tertiary/aromatic N) is 2. The Kier molecular flexibility index (Phi) is 3.74. The second-order valence-corrected chi connectivity index (χ2v) is 5.11. The first-order valence-corrected chi connectivity index (χ1v) is 7.28. The molecule has 1 aliphatic rings. The van der Waals surface area contributed by atoms with Gasteiger partial charge in [0.1, 0.15) is 11.6 Å². The molecule has 1 aromatic heterocycles. The molecule has 0 saturated heterocycles. The zero-order valence-electron chi connectivity index (χ0n) is 12.1. The average molecular weight is 271 g/mol. The number of methoxy groups -OCH3 is 1. The average Bonchev–Trinajstić information content (AvgIpc) is 2.85. The van der Waals surface area contributed by atoms with Gasteiger partial charge in [-0.3, -0.25) is 4.57 Å². The van der Waals surface area contributed by atoms with E-state index >= 15 is 0 Å². The highest BCUT2D eigenvalue weighted by Gasteiger charge is 2.21. The third-order valence-electron chi connectivity index (χ3n) is 3.76. The molecule has 0 atom stereocenters. The first kappa shape index (κ1) is 13.2. The summed E-state index contributed by atoms with van der Waals surface area (Å²) >= 11 is 0. The van der Waals surface area contributed by atoms with E-state index in [9.17, 15) is 0 Å². The Labute approximate surface area is 119 Å². The number of nitrogens with one attached hydrogen (secondary N) is 1. The third kappa shape index (κ3) is 2.20. The molecule has 0 unspecified atom stereocenters. The molecular weight excluding hydrogens is 250 g/mol. The fourth-order valence-corrected chi connectivity index (χ4v) is 2.86. The second-order valence-electron chi connectivity index (χ2n) is 5.11. The molecule has 2 aromatic rings. The monoisotopic (exact) mass is 271 g/mol. The number of fused-ring (bicyclic) bond motifs is 1. The van der Waals surface area contributed by atoms with Crippen LogP contribution in [0.25, 0.3) is 5.69 Å². The van der Waals surface area contributed by atoms with Crippen LogP contribution in [0, 0.1) is 0 Å². The molecule has 3 rings (SSSR count). The summed E-state index contributed by atoms with van der Waals surface area (Å²) in [4.78, 5) is 4.84. The number of aromatic nitrogens is 2. The van der Waals surface area contributed by atoms with Crippen LogP contribution in [0.15, 0.2) is 24.3 Å². The van der Waals surface area contributed by atoms with Crippen molar-refractivity contribution in [3.05, 3.63) is 41.5 Å². The molecule has 0 fully saturated rings. The number of hydrogen-bond acceptors (Lipinski definition) is 3. The van der Waals surface area contributed by atoms with Gasteiger partial charge in [0.15, 0.2) is 0 Å². The maximum Gasteiger partial charge on any atom is 0.142 e. The smallest absolute Gasteiger partial charge is 0.142 e. The first-order chi connectivity index (χ1) is 9.85. The Hall–Kier alpha value is -1.81. The maximum atomic E-state index is 5.53. The lowest BCUT2D eigenvalue weighted by molar-refractivity contribution is 0.412. The summed E-state index contributed by atoms with van der Waals surface area (Å²) in [6, 6.07) is 8.19. The molecule has 106 valence electrons. The lowest BCUT2D eigenvalue weighted by Crippen LogP contribution is -2.24. The fourth-order valence-electron chi connectivity index (χ4n) is 2.86. The topological polar surface area (TPSA) is 39.1 Å². The van der Waals surface area contributed by atoms with Gasteiger partial charge in [-0.25, -0.2) is 4.98 Å². The molecule has 4 heteroatoms. The lowest BCUT2D eigenvalue weighted by Gasteiger charge is -2.18. The summed E-state index contributed by atoms with van der Waals surface area (Å²) in [5.74, 6) is 2.05. The standard InChI is InChI=1S/C16H21N3O/c1-3-6-16-18-12-11-17-10-9-13(12)19(16)14-7-4-5-8-15(14)20-2/h4-5,7-8,17H,3,6,9-11H2,1-2H3. The van der Waals surface area contributed by atoms with Gasteiger partial charge in [0, 0.05) is 31.6 Å². The summed E-state index contributed by atoms with van der Waals surface area (Å²) in [5, 5.41) is 3.40. The summed E-state index contributed by atoms with van der Waals surface area (Å²) in [6.07, 6.45) is 3.10. The molecular formula is C16H21N3O. The molecule has 2 heterocycles. The van der Waals surface area contributed by atoms with E-state index in [1.807, 2.05) is 12.1 Å². The molecule has 1 aromatic carbocycles. The van der Waals surface area contributed by atoms with Crippen molar-refractivity contribution in [1.82, 2.24) is 14.9 Å². The Bertz CT molecular complexity index is 604. The van der Waals surface area contributed by atoms with Crippen LogP contribution in [0.1, 0.15) is 30.6 Å². The molecule has 1 aliphatic heterocycles. The van der Waals surface area contributed by atoms with Gasteiger partial charge in [-0.1, -0.05) is 19.1 Å². The molecule has 0 amide bonds. The zero-order chi connectivity index (χ0) is 13.9. The highest BCUT2D eigenvalue weighted by atomic mass is 16.5. The minimum Gasteiger partial charge on any atom is -0.495 e. The van der Waals surface area contributed by atoms with E-state index in [0.29, 0.717) is 0 Å². The van der Waals surface area contributed by atoms with E-state index in [-0.39, 0.29) is 0 Å². The van der Waals surface area contributed by atoms with Gasteiger partial charge >= 0.3 is 0 Å². The molecule has 0 saturated carbocycles. The van der Waals surface area contributed by atoms with E-state index in [2.05, 4.69) is 28.9 Å². The van der Waals surface area contributed by atoms with Crippen LogP contribution in [0.3, 0.4) is 0 Å². The largest absolute Gasteiger partial charge is 0.495 e. The molecule has 0 bridgehead atoms. The first-order valence-electron chi connectivity index (χ1n) is 7.28. The number of imidazole rings is 1.